The highest BCUT2D eigenvalue weighted by atomic mass is 16.6. The Morgan fingerprint density at radius 1 is 1.25 bits per heavy atom. The van der Waals surface area contributed by atoms with Crippen molar-refractivity contribution in [2.24, 2.45) is 0 Å². The van der Waals surface area contributed by atoms with Gasteiger partial charge in [0, 0.05) is 17.7 Å². The molecule has 0 saturated carbocycles. The molecule has 0 aliphatic heterocycles. The summed E-state index contributed by atoms with van der Waals surface area (Å²) >= 11 is 0. The first-order valence-corrected chi connectivity index (χ1v) is 5.43. The van der Waals surface area contributed by atoms with E-state index < -0.39 is 10.9 Å². The fraction of sp³-hybridized carbons (Fsp3) is 0. The second kappa shape index (κ2) is 4.84. The van der Waals surface area contributed by atoms with E-state index in [2.05, 4.69) is 4.98 Å². The maximum absolute atomic E-state index is 11.0. The van der Waals surface area contributed by atoms with Crippen LogP contribution in [0.3, 0.4) is 0 Å². The second-order valence-corrected chi connectivity index (χ2v) is 4.00. The number of rotatable bonds is 3. The van der Waals surface area contributed by atoms with Gasteiger partial charge in [-0.2, -0.15) is 0 Å². The third kappa shape index (κ3) is 2.48. The summed E-state index contributed by atoms with van der Waals surface area (Å²) in [6.07, 6.45) is 0. The average Bonchev–Trinajstić information content (AvgIpc) is 2.41. The molecule has 0 fully saturated rings. The number of aromatic carboxylic acids is 1. The molecule has 0 saturated heterocycles. The molecule has 0 aliphatic rings. The minimum absolute atomic E-state index is 0.0749. The number of carbonyl (C=O) groups is 1. The van der Waals surface area contributed by atoms with E-state index in [0.717, 1.165) is 6.07 Å². The van der Waals surface area contributed by atoms with Gasteiger partial charge in [-0.3, -0.25) is 10.1 Å². The fourth-order valence-corrected chi connectivity index (χ4v) is 1.63. The van der Waals surface area contributed by atoms with Gasteiger partial charge >= 0.3 is 5.97 Å². The molecular formula is C12H10N4O4. The van der Waals surface area contributed by atoms with Crippen LogP contribution in [0.2, 0.25) is 0 Å². The van der Waals surface area contributed by atoms with Gasteiger partial charge in [-0.15, -0.1) is 0 Å². The predicted molar refractivity (Wildman–Crippen MR) is 72.1 cm³/mol. The Morgan fingerprint density at radius 2 is 1.95 bits per heavy atom. The van der Waals surface area contributed by atoms with E-state index >= 15 is 0 Å². The van der Waals surface area contributed by atoms with Crippen LogP contribution < -0.4 is 11.5 Å². The summed E-state index contributed by atoms with van der Waals surface area (Å²) in [5.41, 5.74) is 11.4. The molecule has 0 unspecified atom stereocenters. The van der Waals surface area contributed by atoms with Crippen LogP contribution in [0.4, 0.5) is 17.2 Å². The van der Waals surface area contributed by atoms with Gasteiger partial charge in [0.15, 0.2) is 0 Å². The van der Waals surface area contributed by atoms with Crippen molar-refractivity contribution in [1.82, 2.24) is 4.98 Å². The van der Waals surface area contributed by atoms with Crippen LogP contribution in [-0.4, -0.2) is 21.0 Å². The van der Waals surface area contributed by atoms with Crippen molar-refractivity contribution in [1.29, 1.82) is 0 Å². The number of carboxylic acid groups (broad SMARTS) is 1. The highest BCUT2D eigenvalue weighted by Gasteiger charge is 2.15. The number of hydrogen-bond donors (Lipinski definition) is 3. The van der Waals surface area contributed by atoms with Crippen molar-refractivity contribution in [3.8, 4) is 11.3 Å². The maximum Gasteiger partial charge on any atom is 0.335 e. The molecule has 1 heterocycles. The van der Waals surface area contributed by atoms with Gasteiger partial charge in [0.25, 0.3) is 5.69 Å². The summed E-state index contributed by atoms with van der Waals surface area (Å²) in [5, 5.41) is 19.8. The van der Waals surface area contributed by atoms with Gasteiger partial charge in [0.2, 0.25) is 0 Å². The fourth-order valence-electron chi connectivity index (χ4n) is 1.63. The molecule has 20 heavy (non-hydrogen) atoms. The van der Waals surface area contributed by atoms with Gasteiger partial charge in [0.1, 0.15) is 5.82 Å². The summed E-state index contributed by atoms with van der Waals surface area (Å²) in [5.74, 6) is -1.19. The van der Waals surface area contributed by atoms with Crippen LogP contribution in [0.1, 0.15) is 10.4 Å². The molecule has 1 aromatic heterocycles. The van der Waals surface area contributed by atoms with Gasteiger partial charge in [0.05, 0.1) is 21.9 Å². The molecule has 2 aromatic rings. The molecule has 0 atom stereocenters. The molecule has 0 bridgehead atoms. The molecule has 2 rings (SSSR count). The molecule has 8 heteroatoms. The second-order valence-electron chi connectivity index (χ2n) is 4.00. The number of nitrogens with zero attached hydrogens (tertiary/aromatic N) is 2. The highest BCUT2D eigenvalue weighted by molar-refractivity contribution is 5.90. The highest BCUT2D eigenvalue weighted by Crippen LogP contribution is 2.26. The summed E-state index contributed by atoms with van der Waals surface area (Å²) < 4.78 is 0. The smallest absolute Gasteiger partial charge is 0.335 e. The zero-order chi connectivity index (χ0) is 14.9. The van der Waals surface area contributed by atoms with Crippen LogP contribution in [0.5, 0.6) is 0 Å². The van der Waals surface area contributed by atoms with E-state index in [1.807, 2.05) is 0 Å². The molecule has 0 aliphatic carbocycles. The van der Waals surface area contributed by atoms with Crippen LogP contribution in [0.15, 0.2) is 30.3 Å². The number of hydrogen-bond acceptors (Lipinski definition) is 6. The summed E-state index contributed by atoms with van der Waals surface area (Å²) in [4.78, 5) is 25.1. The van der Waals surface area contributed by atoms with Gasteiger partial charge in [-0.1, -0.05) is 0 Å². The van der Waals surface area contributed by atoms with Gasteiger partial charge in [-0.25, -0.2) is 9.78 Å². The largest absolute Gasteiger partial charge is 0.478 e. The Hall–Kier alpha value is -3.16. The zero-order valence-corrected chi connectivity index (χ0v) is 10.1. The number of benzene rings is 1. The van der Waals surface area contributed by atoms with Gasteiger partial charge in [-0.05, 0) is 18.2 Å². The molecule has 102 valence electrons. The number of nitrogen functional groups attached to an aromatic ring is 2. The average molecular weight is 274 g/mol. The number of pyridine rings is 1. The Morgan fingerprint density at radius 3 is 2.50 bits per heavy atom. The number of anilines is 2. The lowest BCUT2D eigenvalue weighted by atomic mass is 10.1. The van der Waals surface area contributed by atoms with E-state index in [-0.39, 0.29) is 28.3 Å². The van der Waals surface area contributed by atoms with E-state index in [1.54, 1.807) is 0 Å². The first-order valence-electron chi connectivity index (χ1n) is 5.43. The first-order chi connectivity index (χ1) is 9.38. The quantitative estimate of drug-likeness (QED) is 0.568. The van der Waals surface area contributed by atoms with E-state index in [1.165, 1.54) is 24.3 Å². The number of carboxylic acids is 1. The number of non-ortho nitro benzene ring substituents is 1. The maximum atomic E-state index is 11.0. The summed E-state index contributed by atoms with van der Waals surface area (Å²) in [6, 6.07) is 6.50. The standard InChI is InChI=1S/C12H10N4O4/c13-9-1-2-10(15-11(9)14)6-3-7(12(17)18)5-8(4-6)16(19)20/h1-5H,13H2,(H2,14,15)(H,17,18). The molecule has 0 radical (unpaired) electrons. The van der Waals surface area contributed by atoms with Crippen LogP contribution in [0.25, 0.3) is 11.3 Å². The number of nitrogens with two attached hydrogens (primary N) is 2. The van der Waals surface area contributed by atoms with E-state index in [4.69, 9.17) is 16.6 Å². The Bertz CT molecular complexity index is 682. The van der Waals surface area contributed by atoms with E-state index in [0.29, 0.717) is 5.69 Å². The summed E-state index contributed by atoms with van der Waals surface area (Å²) in [6.45, 7) is 0. The normalized spacial score (nSPS) is 10.2. The van der Waals surface area contributed by atoms with Crippen molar-refractivity contribution in [2.45, 2.75) is 0 Å². The zero-order valence-electron chi connectivity index (χ0n) is 10.1. The van der Waals surface area contributed by atoms with Crippen molar-refractivity contribution in [3.05, 3.63) is 46.0 Å². The molecule has 5 N–H and O–H groups in total. The van der Waals surface area contributed by atoms with Crippen molar-refractivity contribution < 1.29 is 14.8 Å². The summed E-state index contributed by atoms with van der Waals surface area (Å²) in [7, 11) is 0. The van der Waals surface area contributed by atoms with Gasteiger partial charge < -0.3 is 16.6 Å². The Labute approximate surface area is 112 Å². The molecular weight excluding hydrogens is 264 g/mol. The van der Waals surface area contributed by atoms with Crippen molar-refractivity contribution >= 4 is 23.2 Å². The number of nitro groups is 1. The Kier molecular flexibility index (Phi) is 3.21. The number of aromatic nitrogens is 1. The number of nitro benzene ring substituents is 1. The molecule has 8 nitrogen and oxygen atoms in total. The lowest BCUT2D eigenvalue weighted by Crippen LogP contribution is -2.01. The van der Waals surface area contributed by atoms with Crippen LogP contribution in [0, 0.1) is 10.1 Å². The minimum Gasteiger partial charge on any atom is -0.478 e. The van der Waals surface area contributed by atoms with Crippen LogP contribution >= 0.6 is 0 Å². The lowest BCUT2D eigenvalue weighted by Gasteiger charge is -2.05. The minimum atomic E-state index is -1.27. The SMILES string of the molecule is Nc1ccc(-c2cc(C(=O)O)cc([N+](=O)[O-])c2)nc1N. The first kappa shape index (κ1) is 13.3. The lowest BCUT2D eigenvalue weighted by molar-refractivity contribution is -0.384. The third-order valence-electron chi connectivity index (χ3n) is 2.63. The van der Waals surface area contributed by atoms with Crippen LogP contribution in [-0.2, 0) is 0 Å². The van der Waals surface area contributed by atoms with E-state index in [9.17, 15) is 14.9 Å². The van der Waals surface area contributed by atoms with Crippen molar-refractivity contribution in [3.63, 3.8) is 0 Å². The molecule has 0 spiro atoms. The molecule has 0 amide bonds. The predicted octanol–water partition coefficient (Wildman–Crippen LogP) is 1.52. The Balaban J connectivity index is 2.63. The monoisotopic (exact) mass is 274 g/mol. The topological polar surface area (TPSA) is 145 Å². The van der Waals surface area contributed by atoms with Crippen molar-refractivity contribution in [2.75, 3.05) is 11.5 Å². The third-order valence-corrected chi connectivity index (χ3v) is 2.63. The molecule has 1 aromatic carbocycles.